The highest BCUT2D eigenvalue weighted by Crippen LogP contribution is 1.99. The van der Waals surface area contributed by atoms with E-state index in [0.717, 1.165) is 12.1 Å². The van der Waals surface area contributed by atoms with E-state index in [4.69, 9.17) is 0 Å². The van der Waals surface area contributed by atoms with E-state index in [1.165, 1.54) is 17.3 Å². The number of carbonyl (C=O) groups is 2. The Balaban J connectivity index is 2.56. The molecule has 0 spiro atoms. The number of rotatable bonds is 5. The van der Waals surface area contributed by atoms with Gasteiger partial charge in [0.25, 0.3) is 5.91 Å². The molecular formula is C12H18N4O2. The number of likely N-dealkylation sites (N-methyl/N-ethyl adjacent to an activating group) is 1. The molecule has 1 rings (SSSR count). The molecule has 0 saturated carbocycles. The van der Waals surface area contributed by atoms with Crippen molar-refractivity contribution in [1.29, 1.82) is 0 Å². The van der Waals surface area contributed by atoms with Crippen molar-refractivity contribution < 1.29 is 9.59 Å². The lowest BCUT2D eigenvalue weighted by Crippen LogP contribution is -2.38. The van der Waals surface area contributed by atoms with Gasteiger partial charge < -0.3 is 10.2 Å². The Morgan fingerprint density at radius 1 is 1.33 bits per heavy atom. The predicted molar refractivity (Wildman–Crippen MR) is 67.0 cm³/mol. The third-order valence-electron chi connectivity index (χ3n) is 2.30. The molecule has 0 saturated heterocycles. The van der Waals surface area contributed by atoms with E-state index < -0.39 is 0 Å². The predicted octanol–water partition coefficient (Wildman–Crippen LogP) is 0.383. The van der Waals surface area contributed by atoms with Crippen LogP contribution in [-0.2, 0) is 4.79 Å². The van der Waals surface area contributed by atoms with Crippen LogP contribution in [0.15, 0.2) is 12.4 Å². The fourth-order valence-corrected chi connectivity index (χ4v) is 1.31. The molecule has 0 bridgehead atoms. The van der Waals surface area contributed by atoms with Crippen molar-refractivity contribution in [1.82, 2.24) is 20.2 Å². The summed E-state index contributed by atoms with van der Waals surface area (Å²) in [6, 6.07) is 0. The number of aromatic nitrogens is 2. The van der Waals surface area contributed by atoms with Crippen LogP contribution in [0.5, 0.6) is 0 Å². The molecular weight excluding hydrogens is 232 g/mol. The zero-order valence-electron chi connectivity index (χ0n) is 10.9. The summed E-state index contributed by atoms with van der Waals surface area (Å²) in [5.74, 6) is -0.484. The topological polar surface area (TPSA) is 75.2 Å². The second-order valence-corrected chi connectivity index (χ2v) is 4.05. The molecule has 1 aromatic rings. The van der Waals surface area contributed by atoms with Crippen molar-refractivity contribution in [2.45, 2.75) is 20.3 Å². The lowest BCUT2D eigenvalue weighted by Gasteiger charge is -2.15. The van der Waals surface area contributed by atoms with Crippen LogP contribution in [0.1, 0.15) is 29.5 Å². The van der Waals surface area contributed by atoms with E-state index in [2.05, 4.69) is 15.3 Å². The maximum Gasteiger partial charge on any atom is 0.274 e. The molecule has 2 amide bonds. The normalized spacial score (nSPS) is 9.94. The van der Waals surface area contributed by atoms with Crippen LogP contribution < -0.4 is 5.32 Å². The van der Waals surface area contributed by atoms with Gasteiger partial charge in [-0.05, 0) is 13.3 Å². The molecule has 0 aliphatic carbocycles. The highest BCUT2D eigenvalue weighted by atomic mass is 16.2. The van der Waals surface area contributed by atoms with Crippen LogP contribution in [0.3, 0.4) is 0 Å². The molecule has 0 aliphatic rings. The van der Waals surface area contributed by atoms with E-state index >= 15 is 0 Å². The SMILES string of the molecule is CCCNC(=O)CN(C)C(=O)c1cnc(C)cn1. The first kappa shape index (κ1) is 14.1. The molecule has 1 aromatic heterocycles. The van der Waals surface area contributed by atoms with Gasteiger partial charge in [0.05, 0.1) is 18.4 Å². The minimum absolute atomic E-state index is 0.0222. The molecule has 0 fully saturated rings. The molecule has 1 N–H and O–H groups in total. The Morgan fingerprint density at radius 3 is 2.61 bits per heavy atom. The van der Waals surface area contributed by atoms with Gasteiger partial charge in [-0.25, -0.2) is 4.98 Å². The standard InChI is InChI=1S/C12H18N4O2/c1-4-5-13-11(17)8-16(3)12(18)10-7-14-9(2)6-15-10/h6-7H,4-5,8H2,1-3H3,(H,13,17). The lowest BCUT2D eigenvalue weighted by molar-refractivity contribution is -0.121. The maximum atomic E-state index is 11.9. The molecule has 98 valence electrons. The molecule has 0 aromatic carbocycles. The minimum atomic E-state index is -0.311. The second-order valence-electron chi connectivity index (χ2n) is 4.05. The van der Waals surface area contributed by atoms with E-state index in [9.17, 15) is 9.59 Å². The van der Waals surface area contributed by atoms with Gasteiger partial charge in [-0.15, -0.1) is 0 Å². The van der Waals surface area contributed by atoms with Crippen molar-refractivity contribution in [3.63, 3.8) is 0 Å². The number of aryl methyl sites for hydroxylation is 1. The molecule has 0 aliphatic heterocycles. The summed E-state index contributed by atoms with van der Waals surface area (Å²) < 4.78 is 0. The van der Waals surface area contributed by atoms with Gasteiger partial charge in [-0.2, -0.15) is 0 Å². The first-order valence-electron chi connectivity index (χ1n) is 5.85. The third-order valence-corrected chi connectivity index (χ3v) is 2.30. The minimum Gasteiger partial charge on any atom is -0.355 e. The molecule has 0 radical (unpaired) electrons. The Labute approximate surface area is 106 Å². The Bertz CT molecular complexity index is 417. The largest absolute Gasteiger partial charge is 0.355 e. The molecule has 1 heterocycles. The number of nitrogens with one attached hydrogen (secondary N) is 1. The van der Waals surface area contributed by atoms with Crippen LogP contribution in [0, 0.1) is 6.92 Å². The van der Waals surface area contributed by atoms with Crippen LogP contribution in [0.25, 0.3) is 0 Å². The Kier molecular flexibility index (Phi) is 5.23. The number of nitrogens with zero attached hydrogens (tertiary/aromatic N) is 3. The van der Waals surface area contributed by atoms with E-state index in [1.807, 2.05) is 6.92 Å². The lowest BCUT2D eigenvalue weighted by atomic mass is 10.3. The van der Waals surface area contributed by atoms with Gasteiger partial charge in [0.2, 0.25) is 5.91 Å². The fourth-order valence-electron chi connectivity index (χ4n) is 1.31. The van der Waals surface area contributed by atoms with E-state index in [1.54, 1.807) is 14.0 Å². The van der Waals surface area contributed by atoms with Gasteiger partial charge in [0.15, 0.2) is 0 Å². The first-order valence-corrected chi connectivity index (χ1v) is 5.85. The Morgan fingerprint density at radius 2 is 2.06 bits per heavy atom. The second kappa shape index (κ2) is 6.68. The average molecular weight is 250 g/mol. The van der Waals surface area contributed by atoms with Crippen molar-refractivity contribution in [2.24, 2.45) is 0 Å². The third kappa shape index (κ3) is 4.12. The summed E-state index contributed by atoms with van der Waals surface area (Å²) >= 11 is 0. The van der Waals surface area contributed by atoms with Gasteiger partial charge in [0.1, 0.15) is 5.69 Å². The summed E-state index contributed by atoms with van der Waals surface area (Å²) in [6.07, 6.45) is 3.81. The quantitative estimate of drug-likeness (QED) is 0.820. The van der Waals surface area contributed by atoms with Gasteiger partial charge >= 0.3 is 0 Å². The van der Waals surface area contributed by atoms with E-state index in [-0.39, 0.29) is 24.1 Å². The van der Waals surface area contributed by atoms with Crippen LogP contribution in [0.4, 0.5) is 0 Å². The van der Waals surface area contributed by atoms with Crippen LogP contribution >= 0.6 is 0 Å². The number of hydrogen-bond acceptors (Lipinski definition) is 4. The fraction of sp³-hybridized carbons (Fsp3) is 0.500. The zero-order chi connectivity index (χ0) is 13.5. The Hall–Kier alpha value is -1.98. The highest BCUT2D eigenvalue weighted by molar-refractivity contribution is 5.94. The maximum absolute atomic E-state index is 11.9. The monoisotopic (exact) mass is 250 g/mol. The van der Waals surface area contributed by atoms with Gasteiger partial charge in [-0.1, -0.05) is 6.92 Å². The van der Waals surface area contributed by atoms with Crippen molar-refractivity contribution in [3.05, 3.63) is 23.8 Å². The van der Waals surface area contributed by atoms with Gasteiger partial charge in [0, 0.05) is 19.8 Å². The number of carbonyl (C=O) groups excluding carboxylic acids is 2. The first-order chi connectivity index (χ1) is 8.54. The average Bonchev–Trinajstić information content (AvgIpc) is 2.36. The molecule has 0 atom stereocenters. The van der Waals surface area contributed by atoms with Gasteiger partial charge in [-0.3, -0.25) is 14.6 Å². The number of hydrogen-bond donors (Lipinski definition) is 1. The summed E-state index contributed by atoms with van der Waals surface area (Å²) in [6.45, 7) is 4.40. The van der Waals surface area contributed by atoms with Crippen molar-refractivity contribution in [2.75, 3.05) is 20.1 Å². The smallest absolute Gasteiger partial charge is 0.274 e. The highest BCUT2D eigenvalue weighted by Gasteiger charge is 2.15. The summed E-state index contributed by atoms with van der Waals surface area (Å²) in [5, 5.41) is 2.71. The van der Waals surface area contributed by atoms with Crippen molar-refractivity contribution >= 4 is 11.8 Å². The molecule has 0 unspecified atom stereocenters. The van der Waals surface area contributed by atoms with E-state index in [0.29, 0.717) is 6.54 Å². The zero-order valence-corrected chi connectivity index (χ0v) is 10.9. The summed E-state index contributed by atoms with van der Waals surface area (Å²) in [5.41, 5.74) is 0.987. The molecule has 6 heteroatoms. The van der Waals surface area contributed by atoms with Crippen LogP contribution in [0.2, 0.25) is 0 Å². The summed E-state index contributed by atoms with van der Waals surface area (Å²) in [4.78, 5) is 32.7. The number of amides is 2. The summed E-state index contributed by atoms with van der Waals surface area (Å²) in [7, 11) is 1.56. The van der Waals surface area contributed by atoms with Crippen LogP contribution in [-0.4, -0.2) is 46.8 Å². The molecule has 6 nitrogen and oxygen atoms in total. The van der Waals surface area contributed by atoms with Crippen molar-refractivity contribution in [3.8, 4) is 0 Å². The molecule has 18 heavy (non-hydrogen) atoms.